The van der Waals surface area contributed by atoms with Crippen molar-refractivity contribution in [3.63, 3.8) is 0 Å². The maximum atomic E-state index is 2.46. The molecule has 0 aromatic heterocycles. The van der Waals surface area contributed by atoms with Gasteiger partial charge in [-0.3, -0.25) is 0 Å². The number of hydrogen-bond donors (Lipinski definition) is 0. The molecule has 0 fully saturated rings. The van der Waals surface area contributed by atoms with E-state index in [4.69, 9.17) is 0 Å². The largest absolute Gasteiger partial charge is 0.0882 e. The van der Waals surface area contributed by atoms with Crippen molar-refractivity contribution in [3.05, 3.63) is 23.8 Å². The Morgan fingerprint density at radius 1 is 1.25 bits per heavy atom. The molecule has 12 heavy (non-hydrogen) atoms. The Labute approximate surface area is 75.4 Å². The Morgan fingerprint density at radius 3 is 2.75 bits per heavy atom. The molecule has 0 spiro atoms. The van der Waals surface area contributed by atoms with Crippen LogP contribution in [0.25, 0.3) is 0 Å². The smallest absolute Gasteiger partial charge is 0.0140 e. The van der Waals surface area contributed by atoms with Crippen molar-refractivity contribution in [2.45, 2.75) is 39.0 Å². The van der Waals surface area contributed by atoms with Gasteiger partial charge < -0.3 is 0 Å². The van der Waals surface area contributed by atoms with E-state index in [0.29, 0.717) is 0 Å². The van der Waals surface area contributed by atoms with Crippen molar-refractivity contribution in [3.8, 4) is 0 Å². The second kappa shape index (κ2) is 3.47. The minimum absolute atomic E-state index is 0.873. The first-order valence-electron chi connectivity index (χ1n) is 5.21. The molecule has 2 atom stereocenters. The molecule has 0 saturated carbocycles. The summed E-state index contributed by atoms with van der Waals surface area (Å²) in [6, 6.07) is 0. The Morgan fingerprint density at radius 2 is 2.17 bits per heavy atom. The van der Waals surface area contributed by atoms with Gasteiger partial charge in [-0.15, -0.1) is 0 Å². The summed E-state index contributed by atoms with van der Waals surface area (Å²) in [6.45, 7) is 2.31. The van der Waals surface area contributed by atoms with Crippen molar-refractivity contribution < 1.29 is 0 Å². The van der Waals surface area contributed by atoms with Gasteiger partial charge in [0.1, 0.15) is 0 Å². The van der Waals surface area contributed by atoms with Crippen LogP contribution < -0.4 is 0 Å². The Balaban J connectivity index is 2.03. The van der Waals surface area contributed by atoms with E-state index in [1.165, 1.54) is 32.1 Å². The average molecular weight is 162 g/mol. The first-order chi connectivity index (χ1) is 5.88. The van der Waals surface area contributed by atoms with Crippen LogP contribution >= 0.6 is 0 Å². The maximum absolute atomic E-state index is 2.46. The highest BCUT2D eigenvalue weighted by atomic mass is 14.3. The van der Waals surface area contributed by atoms with Crippen LogP contribution in [0.5, 0.6) is 0 Å². The van der Waals surface area contributed by atoms with E-state index in [0.717, 1.165) is 11.8 Å². The van der Waals surface area contributed by atoms with E-state index >= 15 is 0 Å². The van der Waals surface area contributed by atoms with Crippen molar-refractivity contribution in [2.75, 3.05) is 0 Å². The van der Waals surface area contributed by atoms with Crippen molar-refractivity contribution in [2.24, 2.45) is 11.8 Å². The summed E-state index contributed by atoms with van der Waals surface area (Å²) < 4.78 is 0. The van der Waals surface area contributed by atoms with Gasteiger partial charge in [-0.25, -0.2) is 0 Å². The molecule has 0 N–H and O–H groups in total. The monoisotopic (exact) mass is 162 g/mol. The van der Waals surface area contributed by atoms with Crippen LogP contribution in [0.4, 0.5) is 0 Å². The minimum atomic E-state index is 0.873. The fourth-order valence-electron chi connectivity index (χ4n) is 2.60. The summed E-state index contributed by atoms with van der Waals surface area (Å²) >= 11 is 0. The van der Waals surface area contributed by atoms with Gasteiger partial charge >= 0.3 is 0 Å². The molecule has 2 aliphatic carbocycles. The van der Waals surface area contributed by atoms with Gasteiger partial charge in [0.2, 0.25) is 0 Å². The Bertz CT molecular complexity index is 210. The zero-order valence-electron chi connectivity index (χ0n) is 7.92. The van der Waals surface area contributed by atoms with Crippen LogP contribution in [0.3, 0.4) is 0 Å². The molecular formula is C12H18. The molecule has 2 unspecified atom stereocenters. The van der Waals surface area contributed by atoms with E-state index in [1.807, 2.05) is 0 Å². The first-order valence-corrected chi connectivity index (χ1v) is 5.21. The standard InChI is InChI=1S/C12H18/c1-10-6-5-9-12(10)11-7-3-2-4-8-11/h3,6-7,11-12H,2,4-5,8-9H2,1H3. The highest BCUT2D eigenvalue weighted by Crippen LogP contribution is 2.36. The third-order valence-corrected chi connectivity index (χ3v) is 3.34. The number of rotatable bonds is 1. The summed E-state index contributed by atoms with van der Waals surface area (Å²) in [7, 11) is 0. The van der Waals surface area contributed by atoms with Crippen LogP contribution in [0.2, 0.25) is 0 Å². The summed E-state index contributed by atoms with van der Waals surface area (Å²) in [5, 5.41) is 0. The van der Waals surface area contributed by atoms with E-state index in [2.05, 4.69) is 25.2 Å². The molecule has 0 aromatic rings. The Kier molecular flexibility index (Phi) is 2.34. The van der Waals surface area contributed by atoms with Crippen LogP contribution in [0.1, 0.15) is 39.0 Å². The van der Waals surface area contributed by atoms with Crippen molar-refractivity contribution in [1.29, 1.82) is 0 Å². The zero-order chi connectivity index (χ0) is 8.39. The molecule has 66 valence electrons. The molecule has 0 heteroatoms. The molecule has 0 nitrogen and oxygen atoms in total. The van der Waals surface area contributed by atoms with E-state index in [-0.39, 0.29) is 0 Å². The lowest BCUT2D eigenvalue weighted by atomic mass is 9.81. The highest BCUT2D eigenvalue weighted by molar-refractivity contribution is 5.14. The molecule has 0 heterocycles. The third-order valence-electron chi connectivity index (χ3n) is 3.34. The van der Waals surface area contributed by atoms with Gasteiger partial charge in [-0.2, -0.15) is 0 Å². The zero-order valence-corrected chi connectivity index (χ0v) is 7.92. The molecule has 0 aromatic carbocycles. The fourth-order valence-corrected chi connectivity index (χ4v) is 2.60. The second-order valence-electron chi connectivity index (χ2n) is 4.15. The lowest BCUT2D eigenvalue weighted by molar-refractivity contribution is 0.401. The van der Waals surface area contributed by atoms with Crippen LogP contribution in [-0.2, 0) is 0 Å². The van der Waals surface area contributed by atoms with Crippen LogP contribution in [0, 0.1) is 11.8 Å². The molecule has 0 aliphatic heterocycles. The average Bonchev–Trinajstić information content (AvgIpc) is 2.53. The summed E-state index contributed by atoms with van der Waals surface area (Å²) in [5.41, 5.74) is 1.64. The van der Waals surface area contributed by atoms with Crippen LogP contribution in [0.15, 0.2) is 23.8 Å². The molecule has 2 aliphatic rings. The highest BCUT2D eigenvalue weighted by Gasteiger charge is 2.24. The molecular weight excluding hydrogens is 144 g/mol. The topological polar surface area (TPSA) is 0 Å². The van der Waals surface area contributed by atoms with E-state index in [1.54, 1.807) is 5.57 Å². The van der Waals surface area contributed by atoms with Gasteiger partial charge in [0.15, 0.2) is 0 Å². The van der Waals surface area contributed by atoms with Crippen molar-refractivity contribution in [1.82, 2.24) is 0 Å². The SMILES string of the molecule is CC1=CCCC1C1C=CCCC1. The normalized spacial score (nSPS) is 35.2. The fraction of sp³-hybridized carbons (Fsp3) is 0.667. The predicted molar refractivity (Wildman–Crippen MR) is 53.0 cm³/mol. The van der Waals surface area contributed by atoms with Gasteiger partial charge in [0.05, 0.1) is 0 Å². The first kappa shape index (κ1) is 8.10. The summed E-state index contributed by atoms with van der Waals surface area (Å²) in [6.07, 6.45) is 14.1. The number of allylic oxidation sites excluding steroid dienone is 4. The molecule has 2 rings (SSSR count). The van der Waals surface area contributed by atoms with Crippen molar-refractivity contribution >= 4 is 0 Å². The second-order valence-corrected chi connectivity index (χ2v) is 4.15. The van der Waals surface area contributed by atoms with E-state index < -0.39 is 0 Å². The third kappa shape index (κ3) is 1.48. The lowest BCUT2D eigenvalue weighted by Gasteiger charge is -2.24. The summed E-state index contributed by atoms with van der Waals surface area (Å²) in [4.78, 5) is 0. The molecule has 0 radical (unpaired) electrons. The molecule has 0 saturated heterocycles. The lowest BCUT2D eigenvalue weighted by Crippen LogP contribution is -2.13. The van der Waals surface area contributed by atoms with Gasteiger partial charge in [-0.1, -0.05) is 23.8 Å². The quantitative estimate of drug-likeness (QED) is 0.516. The molecule has 0 bridgehead atoms. The summed E-state index contributed by atoms with van der Waals surface area (Å²) in [5.74, 6) is 1.76. The van der Waals surface area contributed by atoms with Crippen LogP contribution in [-0.4, -0.2) is 0 Å². The maximum Gasteiger partial charge on any atom is -0.0140 e. The number of hydrogen-bond acceptors (Lipinski definition) is 0. The van der Waals surface area contributed by atoms with Gasteiger partial charge in [0.25, 0.3) is 0 Å². The van der Waals surface area contributed by atoms with E-state index in [9.17, 15) is 0 Å². The Hall–Kier alpha value is -0.520. The molecule has 0 amide bonds. The predicted octanol–water partition coefficient (Wildman–Crippen LogP) is 3.70. The van der Waals surface area contributed by atoms with Gasteiger partial charge in [0, 0.05) is 0 Å². The van der Waals surface area contributed by atoms with Gasteiger partial charge in [-0.05, 0) is 50.9 Å². The minimum Gasteiger partial charge on any atom is -0.0882 e.